The van der Waals surface area contributed by atoms with Crippen LogP contribution < -0.4 is 0 Å². The van der Waals surface area contributed by atoms with Gasteiger partial charge in [-0.3, -0.25) is 0 Å². The van der Waals surface area contributed by atoms with E-state index < -0.39 is 0 Å². The number of nitrogens with zero attached hydrogens (tertiary/aromatic N) is 3. The fraction of sp³-hybridized carbons (Fsp3) is 0.0392. The van der Waals surface area contributed by atoms with Crippen LogP contribution in [0.3, 0.4) is 0 Å². The lowest BCUT2D eigenvalue weighted by molar-refractivity contribution is 1.12. The zero-order valence-electron chi connectivity index (χ0n) is 29.7. The molecule has 4 aromatic heterocycles. The Kier molecular flexibility index (Phi) is 6.04. The molecule has 0 amide bonds. The molecule has 0 fully saturated rings. The summed E-state index contributed by atoms with van der Waals surface area (Å²) in [4.78, 5) is 5.36. The Morgan fingerprint density at radius 3 is 1.83 bits per heavy atom. The van der Waals surface area contributed by atoms with E-state index in [-0.39, 0.29) is 0 Å². The van der Waals surface area contributed by atoms with Gasteiger partial charge in [-0.2, -0.15) is 0 Å². The second-order valence-electron chi connectivity index (χ2n) is 14.6. The van der Waals surface area contributed by atoms with Crippen molar-refractivity contribution >= 4 is 81.6 Å². The number of hydrogen-bond donors (Lipinski definition) is 0. The van der Waals surface area contributed by atoms with Crippen LogP contribution in [0.4, 0.5) is 0 Å². The van der Waals surface area contributed by atoms with E-state index in [1.807, 2.05) is 0 Å². The molecule has 252 valence electrons. The Bertz CT molecular complexity index is 3470. The molecule has 0 aliphatic heterocycles. The van der Waals surface area contributed by atoms with Gasteiger partial charge in [-0.25, -0.2) is 4.98 Å². The summed E-state index contributed by atoms with van der Waals surface area (Å²) in [5, 5.41) is 11.4. The molecule has 0 atom stereocenters. The van der Waals surface area contributed by atoms with Gasteiger partial charge >= 0.3 is 0 Å². The van der Waals surface area contributed by atoms with Crippen molar-refractivity contribution in [1.82, 2.24) is 14.0 Å². The quantitative estimate of drug-likeness (QED) is 0.181. The first-order valence-electron chi connectivity index (χ1n) is 18.9. The number of benzene rings is 8. The first-order valence-corrected chi connectivity index (χ1v) is 18.9. The minimum absolute atomic E-state index is 0.872. The Balaban J connectivity index is 1.12. The third-order valence-corrected chi connectivity index (χ3v) is 11.8. The van der Waals surface area contributed by atoms with E-state index in [2.05, 4.69) is 186 Å². The Morgan fingerprint density at radius 1 is 0.463 bits per heavy atom. The first-order chi connectivity index (χ1) is 26.8. The van der Waals surface area contributed by atoms with Crippen molar-refractivity contribution in [2.24, 2.45) is 0 Å². The lowest BCUT2D eigenvalue weighted by atomic mass is 9.90. The summed E-state index contributed by atoms with van der Waals surface area (Å²) in [6.45, 7) is 2.26. The maximum absolute atomic E-state index is 5.36. The maximum Gasteiger partial charge on any atom is 0.0747 e. The predicted molar refractivity (Wildman–Crippen MR) is 228 cm³/mol. The third kappa shape index (κ3) is 3.93. The van der Waals surface area contributed by atoms with Crippen LogP contribution in [0.15, 0.2) is 170 Å². The molecule has 0 unspecified atom stereocenters. The highest BCUT2D eigenvalue weighted by Gasteiger charge is 2.24. The molecule has 3 heteroatoms. The molecule has 0 N–H and O–H groups in total. The zero-order valence-corrected chi connectivity index (χ0v) is 29.7. The third-order valence-electron chi connectivity index (χ3n) is 11.8. The standard InChI is InChI=1S/C51H33N3/c1-2-36-47(34-24-23-31-13-3-4-14-33(31)29-34)39-17-5-9-19-43(39)52-49(36)32-25-27-35(28-26-32)53-44-20-10-6-15-37(44)41-30-42-38-16-7-11-21-45(38)54-46-22-12-8-18-40(46)48(50(41)53)51(42)54/h3-30H,2H2,1H3. The van der Waals surface area contributed by atoms with Gasteiger partial charge in [0, 0.05) is 49.0 Å². The second kappa shape index (κ2) is 11.0. The summed E-state index contributed by atoms with van der Waals surface area (Å²) >= 11 is 0. The van der Waals surface area contributed by atoms with Crippen molar-refractivity contribution in [2.75, 3.05) is 0 Å². The van der Waals surface area contributed by atoms with E-state index in [0.29, 0.717) is 0 Å². The van der Waals surface area contributed by atoms with Crippen molar-refractivity contribution < 1.29 is 0 Å². The summed E-state index contributed by atoms with van der Waals surface area (Å²) in [5.74, 6) is 0. The molecule has 0 bridgehead atoms. The maximum atomic E-state index is 5.36. The summed E-state index contributed by atoms with van der Waals surface area (Å²) < 4.78 is 4.97. The minimum Gasteiger partial charge on any atom is -0.309 e. The highest BCUT2D eigenvalue weighted by Crippen LogP contribution is 2.46. The molecule has 0 radical (unpaired) electrons. The smallest absolute Gasteiger partial charge is 0.0747 e. The van der Waals surface area contributed by atoms with Crippen molar-refractivity contribution in [1.29, 1.82) is 0 Å². The summed E-state index contributed by atoms with van der Waals surface area (Å²) in [6, 6.07) is 62.3. The highest BCUT2D eigenvalue weighted by molar-refractivity contribution is 6.34. The molecule has 0 spiro atoms. The van der Waals surface area contributed by atoms with E-state index in [1.165, 1.54) is 92.7 Å². The summed E-state index contributed by atoms with van der Waals surface area (Å²) in [6.07, 6.45) is 0.872. The Labute approximate surface area is 311 Å². The molecule has 54 heavy (non-hydrogen) atoms. The summed E-state index contributed by atoms with van der Waals surface area (Å²) in [5.41, 5.74) is 14.4. The molecule has 0 saturated heterocycles. The average molecular weight is 688 g/mol. The number of aromatic nitrogens is 3. The highest BCUT2D eigenvalue weighted by atomic mass is 15.0. The van der Waals surface area contributed by atoms with Crippen molar-refractivity contribution in [3.8, 4) is 28.1 Å². The van der Waals surface area contributed by atoms with Gasteiger partial charge in [0.2, 0.25) is 0 Å². The van der Waals surface area contributed by atoms with Crippen LogP contribution in [-0.4, -0.2) is 14.0 Å². The van der Waals surface area contributed by atoms with E-state index in [9.17, 15) is 0 Å². The van der Waals surface area contributed by atoms with Gasteiger partial charge in [0.1, 0.15) is 0 Å². The van der Waals surface area contributed by atoms with Gasteiger partial charge in [0.15, 0.2) is 0 Å². The number of fused-ring (bicyclic) bond motifs is 12. The normalized spacial score (nSPS) is 12.2. The largest absolute Gasteiger partial charge is 0.309 e. The zero-order chi connectivity index (χ0) is 35.5. The monoisotopic (exact) mass is 687 g/mol. The number of para-hydroxylation sites is 4. The molecule has 12 rings (SSSR count). The van der Waals surface area contributed by atoms with Crippen LogP contribution in [0, 0.1) is 0 Å². The lowest BCUT2D eigenvalue weighted by Gasteiger charge is -2.18. The lowest BCUT2D eigenvalue weighted by Crippen LogP contribution is -1.99. The number of rotatable bonds is 4. The van der Waals surface area contributed by atoms with Crippen molar-refractivity contribution in [2.45, 2.75) is 13.3 Å². The van der Waals surface area contributed by atoms with Crippen LogP contribution in [0.2, 0.25) is 0 Å². The minimum atomic E-state index is 0.872. The topological polar surface area (TPSA) is 22.2 Å². The molecule has 0 aliphatic rings. The molecular formula is C51H33N3. The number of hydrogen-bond acceptors (Lipinski definition) is 1. The van der Waals surface area contributed by atoms with Crippen LogP contribution in [0.1, 0.15) is 12.5 Å². The van der Waals surface area contributed by atoms with Crippen molar-refractivity contribution in [3.63, 3.8) is 0 Å². The molecule has 8 aromatic carbocycles. The van der Waals surface area contributed by atoms with Gasteiger partial charge in [-0.15, -0.1) is 0 Å². The van der Waals surface area contributed by atoms with Crippen LogP contribution >= 0.6 is 0 Å². The van der Waals surface area contributed by atoms with E-state index in [4.69, 9.17) is 4.98 Å². The molecule has 0 saturated carbocycles. The fourth-order valence-electron chi connectivity index (χ4n) is 9.50. The first kappa shape index (κ1) is 29.6. The van der Waals surface area contributed by atoms with E-state index >= 15 is 0 Å². The predicted octanol–water partition coefficient (Wildman–Crippen LogP) is 13.5. The van der Waals surface area contributed by atoms with Gasteiger partial charge < -0.3 is 8.97 Å². The van der Waals surface area contributed by atoms with Crippen LogP contribution in [0.5, 0.6) is 0 Å². The van der Waals surface area contributed by atoms with Crippen molar-refractivity contribution in [3.05, 3.63) is 175 Å². The SMILES string of the molecule is CCc1c(-c2ccc(-n3c4ccccc4c4cc5c6ccccc6n6c7ccccc7c(c43)c56)cc2)nc2ccccc2c1-c1ccc2ccccc2c1. The van der Waals surface area contributed by atoms with E-state index in [1.54, 1.807) is 0 Å². The number of pyridine rings is 1. The van der Waals surface area contributed by atoms with Crippen LogP contribution in [-0.2, 0) is 6.42 Å². The van der Waals surface area contributed by atoms with Gasteiger partial charge in [-0.05, 0) is 82.4 Å². The summed E-state index contributed by atoms with van der Waals surface area (Å²) in [7, 11) is 0. The molecule has 4 heterocycles. The second-order valence-corrected chi connectivity index (χ2v) is 14.6. The Hall–Kier alpha value is -6.97. The van der Waals surface area contributed by atoms with E-state index in [0.717, 1.165) is 28.9 Å². The molecular weight excluding hydrogens is 655 g/mol. The Morgan fingerprint density at radius 2 is 1.06 bits per heavy atom. The van der Waals surface area contributed by atoms with Gasteiger partial charge in [0.25, 0.3) is 0 Å². The van der Waals surface area contributed by atoms with Gasteiger partial charge in [0.05, 0.1) is 38.8 Å². The van der Waals surface area contributed by atoms with Crippen LogP contribution in [0.25, 0.3) is 110 Å². The average Bonchev–Trinajstić information content (AvgIpc) is 3.87. The van der Waals surface area contributed by atoms with Gasteiger partial charge in [-0.1, -0.05) is 128 Å². The molecule has 12 aromatic rings. The fourth-order valence-corrected chi connectivity index (χ4v) is 9.50. The molecule has 0 aliphatic carbocycles. The molecule has 3 nitrogen and oxygen atoms in total.